The van der Waals surface area contributed by atoms with Crippen molar-refractivity contribution in [1.82, 2.24) is 20.2 Å². The van der Waals surface area contributed by atoms with Gasteiger partial charge in [0.05, 0.1) is 6.54 Å². The Bertz CT molecular complexity index is 435. The molecule has 0 unspecified atom stereocenters. The number of nitrogens with one attached hydrogen (secondary N) is 2. The van der Waals surface area contributed by atoms with Crippen molar-refractivity contribution in [1.29, 1.82) is 0 Å². The first-order valence-corrected chi connectivity index (χ1v) is 7.16. The van der Waals surface area contributed by atoms with Gasteiger partial charge in [-0.2, -0.15) is 11.8 Å². The third kappa shape index (κ3) is 5.21. The van der Waals surface area contributed by atoms with Crippen LogP contribution in [0.15, 0.2) is 12.4 Å². The van der Waals surface area contributed by atoms with Crippen LogP contribution in [-0.4, -0.2) is 44.7 Å². The number of urea groups is 1. The Kier molecular flexibility index (Phi) is 6.20. The third-order valence-electron chi connectivity index (χ3n) is 2.54. The Balaban J connectivity index is 2.40. The molecule has 7 nitrogen and oxygen atoms in total. The van der Waals surface area contributed by atoms with Crippen molar-refractivity contribution >= 4 is 23.8 Å². The van der Waals surface area contributed by atoms with Gasteiger partial charge in [0, 0.05) is 19.4 Å². The van der Waals surface area contributed by atoms with Crippen molar-refractivity contribution < 1.29 is 14.7 Å². The number of nitrogens with zero attached hydrogens (tertiary/aromatic N) is 2. The predicted octanol–water partition coefficient (Wildman–Crippen LogP) is 0.426. The van der Waals surface area contributed by atoms with Crippen LogP contribution < -0.4 is 10.6 Å². The molecule has 0 aromatic carbocycles. The molecule has 19 heavy (non-hydrogen) atoms. The molecule has 3 N–H and O–H groups in total. The average molecular weight is 286 g/mol. The van der Waals surface area contributed by atoms with E-state index in [1.807, 2.05) is 13.3 Å². The van der Waals surface area contributed by atoms with Gasteiger partial charge in [-0.3, -0.25) is 0 Å². The molecule has 0 radical (unpaired) electrons. The summed E-state index contributed by atoms with van der Waals surface area (Å²) in [4.78, 5) is 26.6. The third-order valence-corrected chi connectivity index (χ3v) is 3.19. The summed E-state index contributed by atoms with van der Waals surface area (Å²) >= 11 is 1.54. The number of aliphatic carboxylic acids is 1. The predicted molar refractivity (Wildman–Crippen MR) is 73.0 cm³/mol. The van der Waals surface area contributed by atoms with Crippen molar-refractivity contribution in [3.63, 3.8) is 0 Å². The van der Waals surface area contributed by atoms with Gasteiger partial charge < -0.3 is 20.3 Å². The summed E-state index contributed by atoms with van der Waals surface area (Å²) in [5.74, 6) is 0.351. The lowest BCUT2D eigenvalue weighted by atomic mass is 10.2. The molecule has 0 aliphatic carbocycles. The number of hydrogen-bond acceptors (Lipinski definition) is 4. The molecule has 0 fully saturated rings. The number of carbonyl (C=O) groups is 2. The molecule has 1 aromatic heterocycles. The van der Waals surface area contributed by atoms with Crippen molar-refractivity contribution in [2.24, 2.45) is 7.05 Å². The van der Waals surface area contributed by atoms with Gasteiger partial charge in [-0.15, -0.1) is 0 Å². The van der Waals surface area contributed by atoms with Crippen LogP contribution in [0, 0.1) is 0 Å². The van der Waals surface area contributed by atoms with Crippen molar-refractivity contribution in [2.75, 3.05) is 12.0 Å². The fourth-order valence-electron chi connectivity index (χ4n) is 1.43. The first-order chi connectivity index (χ1) is 9.04. The second-order valence-electron chi connectivity index (χ2n) is 3.95. The van der Waals surface area contributed by atoms with Gasteiger partial charge in [-0.25, -0.2) is 14.6 Å². The van der Waals surface area contributed by atoms with Crippen LogP contribution in [-0.2, 0) is 18.4 Å². The molecule has 1 rings (SSSR count). The smallest absolute Gasteiger partial charge is 0.326 e. The Morgan fingerprint density at radius 3 is 2.84 bits per heavy atom. The number of imidazole rings is 1. The largest absolute Gasteiger partial charge is 0.480 e. The Morgan fingerprint density at radius 1 is 1.58 bits per heavy atom. The maximum absolute atomic E-state index is 11.6. The number of thioether (sulfide) groups is 1. The van der Waals surface area contributed by atoms with Crippen LogP contribution in [0.4, 0.5) is 4.79 Å². The van der Waals surface area contributed by atoms with E-state index < -0.39 is 18.0 Å². The van der Waals surface area contributed by atoms with E-state index in [9.17, 15) is 9.59 Å². The topological polar surface area (TPSA) is 96.3 Å². The normalized spacial score (nSPS) is 11.9. The standard InChI is InChI=1S/C11H18N4O3S/c1-15-5-4-12-9(15)7-13-11(18)14-8(10(16)17)3-6-19-2/h4-5,8H,3,6-7H2,1-2H3,(H,16,17)(H2,13,14,18)/t8-/m0/s1. The maximum Gasteiger partial charge on any atom is 0.326 e. The molecular weight excluding hydrogens is 268 g/mol. The zero-order chi connectivity index (χ0) is 14.3. The molecule has 2 amide bonds. The lowest BCUT2D eigenvalue weighted by Crippen LogP contribution is -2.46. The van der Waals surface area contributed by atoms with E-state index in [0.717, 1.165) is 0 Å². The highest BCUT2D eigenvalue weighted by Gasteiger charge is 2.19. The lowest BCUT2D eigenvalue weighted by Gasteiger charge is -2.14. The highest BCUT2D eigenvalue weighted by molar-refractivity contribution is 7.98. The van der Waals surface area contributed by atoms with E-state index in [1.54, 1.807) is 17.0 Å². The molecular formula is C11H18N4O3S. The molecule has 8 heteroatoms. The summed E-state index contributed by atoms with van der Waals surface area (Å²) < 4.78 is 1.78. The average Bonchev–Trinajstić information content (AvgIpc) is 2.77. The Hall–Kier alpha value is -1.70. The van der Waals surface area contributed by atoms with Crippen LogP contribution in [0.25, 0.3) is 0 Å². The van der Waals surface area contributed by atoms with Crippen molar-refractivity contribution in [2.45, 2.75) is 19.0 Å². The summed E-state index contributed by atoms with van der Waals surface area (Å²) in [6.07, 6.45) is 5.69. The van der Waals surface area contributed by atoms with E-state index >= 15 is 0 Å². The Labute approximate surface area is 115 Å². The molecule has 0 aliphatic heterocycles. The summed E-state index contributed by atoms with van der Waals surface area (Å²) in [5.41, 5.74) is 0. The number of hydrogen-bond donors (Lipinski definition) is 3. The number of carboxylic acids is 1. The van der Waals surface area contributed by atoms with Crippen LogP contribution in [0.2, 0.25) is 0 Å². The van der Waals surface area contributed by atoms with Gasteiger partial charge in [0.25, 0.3) is 0 Å². The molecule has 1 atom stereocenters. The maximum atomic E-state index is 11.6. The number of aryl methyl sites for hydroxylation is 1. The molecule has 0 saturated heterocycles. The number of carbonyl (C=O) groups excluding carboxylic acids is 1. The minimum atomic E-state index is -1.03. The first kappa shape index (κ1) is 15.4. The summed E-state index contributed by atoms with van der Waals surface area (Å²) in [6, 6.07) is -1.37. The van der Waals surface area contributed by atoms with Crippen LogP contribution >= 0.6 is 11.8 Å². The highest BCUT2D eigenvalue weighted by Crippen LogP contribution is 2.01. The number of aromatic nitrogens is 2. The minimum absolute atomic E-state index is 0.254. The lowest BCUT2D eigenvalue weighted by molar-refractivity contribution is -0.139. The number of carboxylic acid groups (broad SMARTS) is 1. The SMILES string of the molecule is CSCC[C@H](NC(=O)NCc1nccn1C)C(=O)O. The second-order valence-corrected chi connectivity index (χ2v) is 4.94. The van der Waals surface area contributed by atoms with E-state index in [4.69, 9.17) is 5.11 Å². The highest BCUT2D eigenvalue weighted by atomic mass is 32.2. The van der Waals surface area contributed by atoms with E-state index in [1.165, 1.54) is 11.8 Å². The second kappa shape index (κ2) is 7.67. The Morgan fingerprint density at radius 2 is 2.32 bits per heavy atom. The van der Waals surface area contributed by atoms with Crippen molar-refractivity contribution in [3.05, 3.63) is 18.2 Å². The zero-order valence-electron chi connectivity index (χ0n) is 10.9. The molecule has 1 heterocycles. The van der Waals surface area contributed by atoms with Gasteiger partial charge in [0.1, 0.15) is 11.9 Å². The van der Waals surface area contributed by atoms with Gasteiger partial charge >= 0.3 is 12.0 Å². The van der Waals surface area contributed by atoms with Gasteiger partial charge in [0.15, 0.2) is 0 Å². The fourth-order valence-corrected chi connectivity index (χ4v) is 1.90. The van der Waals surface area contributed by atoms with Crippen molar-refractivity contribution in [3.8, 4) is 0 Å². The van der Waals surface area contributed by atoms with E-state index in [0.29, 0.717) is 18.0 Å². The quantitative estimate of drug-likeness (QED) is 0.675. The van der Waals surface area contributed by atoms with Gasteiger partial charge in [-0.1, -0.05) is 0 Å². The monoisotopic (exact) mass is 286 g/mol. The minimum Gasteiger partial charge on any atom is -0.480 e. The zero-order valence-corrected chi connectivity index (χ0v) is 11.7. The molecule has 1 aromatic rings. The van der Waals surface area contributed by atoms with Crippen LogP contribution in [0.3, 0.4) is 0 Å². The van der Waals surface area contributed by atoms with Crippen LogP contribution in [0.1, 0.15) is 12.2 Å². The van der Waals surface area contributed by atoms with E-state index in [2.05, 4.69) is 15.6 Å². The number of amides is 2. The van der Waals surface area contributed by atoms with Gasteiger partial charge in [-0.05, 0) is 18.4 Å². The van der Waals surface area contributed by atoms with Crippen LogP contribution in [0.5, 0.6) is 0 Å². The summed E-state index contributed by atoms with van der Waals surface area (Å²) in [7, 11) is 1.82. The summed E-state index contributed by atoms with van der Waals surface area (Å²) in [5, 5.41) is 14.0. The van der Waals surface area contributed by atoms with Gasteiger partial charge in [0.2, 0.25) is 0 Å². The van der Waals surface area contributed by atoms with E-state index in [-0.39, 0.29) is 6.54 Å². The molecule has 106 valence electrons. The molecule has 0 saturated carbocycles. The fraction of sp³-hybridized carbons (Fsp3) is 0.545. The molecule has 0 aliphatic rings. The number of rotatable bonds is 7. The first-order valence-electron chi connectivity index (χ1n) is 5.77. The molecule has 0 bridgehead atoms. The molecule has 0 spiro atoms. The summed E-state index contributed by atoms with van der Waals surface area (Å²) in [6.45, 7) is 0.254.